The second kappa shape index (κ2) is 5.81. The van der Waals surface area contributed by atoms with E-state index in [9.17, 15) is 8.42 Å². The standard InChI is InChI=1S/C13H14N2O3S/c1-11(15-12-7-9-14-10-8-12)18-19(16,17)13-5-3-2-4-6-13/h2-11H,1H3,(H,14,15). The molecule has 2 rings (SSSR count). The van der Waals surface area contributed by atoms with Crippen molar-refractivity contribution in [3.8, 4) is 0 Å². The fourth-order valence-electron chi connectivity index (χ4n) is 1.54. The van der Waals surface area contributed by atoms with Crippen molar-refractivity contribution < 1.29 is 12.6 Å². The van der Waals surface area contributed by atoms with E-state index < -0.39 is 16.3 Å². The molecule has 1 N–H and O–H groups in total. The summed E-state index contributed by atoms with van der Waals surface area (Å²) in [6.07, 6.45) is 2.55. The van der Waals surface area contributed by atoms with Crippen LogP contribution in [0.5, 0.6) is 0 Å². The number of nitrogens with one attached hydrogen (secondary N) is 1. The number of hydrogen-bond acceptors (Lipinski definition) is 5. The molecule has 0 saturated heterocycles. The zero-order valence-corrected chi connectivity index (χ0v) is 11.2. The normalized spacial score (nSPS) is 12.9. The molecule has 0 aliphatic rings. The van der Waals surface area contributed by atoms with Crippen molar-refractivity contribution in [2.45, 2.75) is 18.0 Å². The fourth-order valence-corrected chi connectivity index (χ4v) is 2.57. The molecule has 0 spiro atoms. The predicted molar refractivity (Wildman–Crippen MR) is 72.0 cm³/mol. The minimum Gasteiger partial charge on any atom is -0.359 e. The third kappa shape index (κ3) is 3.77. The largest absolute Gasteiger partial charge is 0.359 e. The summed E-state index contributed by atoms with van der Waals surface area (Å²) in [6, 6.07) is 11.5. The number of anilines is 1. The number of pyridine rings is 1. The van der Waals surface area contributed by atoms with Crippen LogP contribution in [0.25, 0.3) is 0 Å². The molecule has 0 radical (unpaired) electrons. The number of benzene rings is 1. The summed E-state index contributed by atoms with van der Waals surface area (Å²) in [5, 5.41) is 2.93. The van der Waals surface area contributed by atoms with E-state index in [1.807, 2.05) is 0 Å². The van der Waals surface area contributed by atoms with Gasteiger partial charge < -0.3 is 5.32 Å². The van der Waals surface area contributed by atoms with Crippen LogP contribution in [0.1, 0.15) is 6.92 Å². The van der Waals surface area contributed by atoms with Gasteiger partial charge in [-0.3, -0.25) is 4.98 Å². The molecule has 0 aliphatic carbocycles. The van der Waals surface area contributed by atoms with E-state index in [2.05, 4.69) is 10.3 Å². The number of hydrogen-bond donors (Lipinski definition) is 1. The van der Waals surface area contributed by atoms with Crippen molar-refractivity contribution in [3.63, 3.8) is 0 Å². The quantitative estimate of drug-likeness (QED) is 0.671. The summed E-state index contributed by atoms with van der Waals surface area (Å²) in [4.78, 5) is 4.01. The number of aromatic nitrogens is 1. The first-order chi connectivity index (χ1) is 9.08. The zero-order valence-electron chi connectivity index (χ0n) is 10.4. The Morgan fingerprint density at radius 2 is 1.74 bits per heavy atom. The van der Waals surface area contributed by atoms with E-state index in [1.54, 1.807) is 49.6 Å². The molecule has 0 fully saturated rings. The molecule has 0 saturated carbocycles. The van der Waals surface area contributed by atoms with E-state index in [0.717, 1.165) is 5.69 Å². The highest BCUT2D eigenvalue weighted by atomic mass is 32.2. The van der Waals surface area contributed by atoms with Gasteiger partial charge in [0.2, 0.25) is 0 Å². The molecule has 1 aromatic carbocycles. The smallest absolute Gasteiger partial charge is 0.298 e. The van der Waals surface area contributed by atoms with Crippen LogP contribution in [-0.2, 0) is 14.3 Å². The number of rotatable bonds is 5. The molecule has 1 atom stereocenters. The highest BCUT2D eigenvalue weighted by molar-refractivity contribution is 7.86. The summed E-state index contributed by atoms with van der Waals surface area (Å²) >= 11 is 0. The van der Waals surface area contributed by atoms with Crippen molar-refractivity contribution in [1.82, 2.24) is 4.98 Å². The van der Waals surface area contributed by atoms with Crippen molar-refractivity contribution in [2.24, 2.45) is 0 Å². The van der Waals surface area contributed by atoms with Gasteiger partial charge in [0.15, 0.2) is 0 Å². The zero-order chi connectivity index (χ0) is 13.7. The molecule has 0 aliphatic heterocycles. The minimum atomic E-state index is -3.76. The Morgan fingerprint density at radius 1 is 1.11 bits per heavy atom. The maximum Gasteiger partial charge on any atom is 0.298 e. The van der Waals surface area contributed by atoms with E-state index in [4.69, 9.17) is 4.18 Å². The monoisotopic (exact) mass is 278 g/mol. The maximum atomic E-state index is 12.0. The lowest BCUT2D eigenvalue weighted by molar-refractivity contribution is 0.256. The van der Waals surface area contributed by atoms with Crippen LogP contribution in [0.3, 0.4) is 0 Å². The Labute approximate surface area is 112 Å². The molecule has 1 aromatic heterocycles. The van der Waals surface area contributed by atoms with Gasteiger partial charge in [-0.05, 0) is 31.2 Å². The summed E-state index contributed by atoms with van der Waals surface area (Å²) in [5.41, 5.74) is 0.741. The van der Waals surface area contributed by atoms with Gasteiger partial charge in [-0.25, -0.2) is 4.18 Å². The van der Waals surface area contributed by atoms with Gasteiger partial charge in [-0.2, -0.15) is 8.42 Å². The second-order valence-corrected chi connectivity index (χ2v) is 5.46. The van der Waals surface area contributed by atoms with Crippen LogP contribution < -0.4 is 5.32 Å². The average Bonchev–Trinajstić information content (AvgIpc) is 2.40. The first-order valence-corrected chi connectivity index (χ1v) is 7.14. The lowest BCUT2D eigenvalue weighted by atomic mass is 10.4. The summed E-state index contributed by atoms with van der Waals surface area (Å²) in [5.74, 6) is 0. The van der Waals surface area contributed by atoms with Gasteiger partial charge in [-0.1, -0.05) is 18.2 Å². The highest BCUT2D eigenvalue weighted by Crippen LogP contribution is 2.15. The van der Waals surface area contributed by atoms with Crippen LogP contribution in [-0.4, -0.2) is 19.6 Å². The molecular formula is C13H14N2O3S. The van der Waals surface area contributed by atoms with Gasteiger partial charge in [0.1, 0.15) is 6.23 Å². The fraction of sp³-hybridized carbons (Fsp3) is 0.154. The van der Waals surface area contributed by atoms with Crippen molar-refractivity contribution in [2.75, 3.05) is 5.32 Å². The lowest BCUT2D eigenvalue weighted by Crippen LogP contribution is -2.23. The SMILES string of the molecule is CC(Nc1ccncc1)OS(=O)(=O)c1ccccc1. The van der Waals surface area contributed by atoms with Crippen molar-refractivity contribution >= 4 is 15.8 Å². The molecule has 1 heterocycles. The maximum absolute atomic E-state index is 12.0. The average molecular weight is 278 g/mol. The summed E-state index contributed by atoms with van der Waals surface area (Å²) in [6.45, 7) is 1.63. The van der Waals surface area contributed by atoms with Gasteiger partial charge in [0.25, 0.3) is 10.1 Å². The molecule has 1 unspecified atom stereocenters. The third-order valence-electron chi connectivity index (χ3n) is 2.35. The van der Waals surface area contributed by atoms with E-state index >= 15 is 0 Å². The van der Waals surface area contributed by atoms with E-state index in [0.29, 0.717) is 0 Å². The lowest BCUT2D eigenvalue weighted by Gasteiger charge is -2.15. The Bertz CT molecular complexity index is 615. The van der Waals surface area contributed by atoms with E-state index in [-0.39, 0.29) is 4.90 Å². The topological polar surface area (TPSA) is 68.3 Å². The van der Waals surface area contributed by atoms with Crippen molar-refractivity contribution in [1.29, 1.82) is 0 Å². The second-order valence-electron chi connectivity index (χ2n) is 3.89. The minimum absolute atomic E-state index is 0.137. The molecule has 2 aromatic rings. The molecule has 0 bridgehead atoms. The van der Waals surface area contributed by atoms with Crippen LogP contribution in [0.15, 0.2) is 59.8 Å². The summed E-state index contributed by atoms with van der Waals surface area (Å²) in [7, 11) is -3.76. The highest BCUT2D eigenvalue weighted by Gasteiger charge is 2.18. The molecule has 0 amide bonds. The molecule has 6 heteroatoms. The first-order valence-electron chi connectivity index (χ1n) is 5.73. The van der Waals surface area contributed by atoms with Crippen molar-refractivity contribution in [3.05, 3.63) is 54.9 Å². The predicted octanol–water partition coefficient (Wildman–Crippen LogP) is 2.25. The molecule has 5 nitrogen and oxygen atoms in total. The summed E-state index contributed by atoms with van der Waals surface area (Å²) < 4.78 is 29.0. The Morgan fingerprint density at radius 3 is 2.37 bits per heavy atom. The third-order valence-corrected chi connectivity index (χ3v) is 3.74. The van der Waals surface area contributed by atoms with Gasteiger partial charge in [0.05, 0.1) is 4.90 Å². The van der Waals surface area contributed by atoms with Crippen LogP contribution in [0, 0.1) is 0 Å². The van der Waals surface area contributed by atoms with Crippen LogP contribution in [0.2, 0.25) is 0 Å². The van der Waals surface area contributed by atoms with Crippen LogP contribution in [0.4, 0.5) is 5.69 Å². The molecule has 100 valence electrons. The Hall–Kier alpha value is -1.92. The van der Waals surface area contributed by atoms with Gasteiger partial charge >= 0.3 is 0 Å². The Balaban J connectivity index is 2.05. The van der Waals surface area contributed by atoms with Gasteiger partial charge in [-0.15, -0.1) is 0 Å². The van der Waals surface area contributed by atoms with E-state index in [1.165, 1.54) is 12.1 Å². The van der Waals surface area contributed by atoms with Gasteiger partial charge in [0, 0.05) is 18.1 Å². The first kappa shape index (κ1) is 13.5. The van der Waals surface area contributed by atoms with Crippen LogP contribution >= 0.6 is 0 Å². The Kier molecular flexibility index (Phi) is 4.13. The number of nitrogens with zero attached hydrogens (tertiary/aromatic N) is 1. The molecule has 19 heavy (non-hydrogen) atoms. The molecular weight excluding hydrogens is 264 g/mol.